The van der Waals surface area contributed by atoms with Gasteiger partial charge in [-0.15, -0.1) is 5.73 Å². The van der Waals surface area contributed by atoms with Crippen molar-refractivity contribution in [2.75, 3.05) is 45.7 Å². The molecule has 0 radical (unpaired) electrons. The zero-order chi connectivity index (χ0) is 26.8. The van der Waals surface area contributed by atoms with Crippen molar-refractivity contribution in [3.63, 3.8) is 0 Å². The van der Waals surface area contributed by atoms with Crippen LogP contribution in [0.15, 0.2) is 60.3 Å². The molecular formula is C30H33N5O3. The first-order valence-corrected chi connectivity index (χ1v) is 12.6. The fourth-order valence-corrected chi connectivity index (χ4v) is 4.57. The average molecular weight is 512 g/mol. The number of methoxy groups -OCH3 is 1. The molecule has 0 atom stereocenters. The monoisotopic (exact) mass is 511 g/mol. The van der Waals surface area contributed by atoms with Gasteiger partial charge in [-0.1, -0.05) is 12.1 Å². The van der Waals surface area contributed by atoms with Gasteiger partial charge in [-0.2, -0.15) is 5.10 Å². The number of nitrogens with zero attached hydrogens (tertiary/aromatic N) is 4. The number of ether oxygens (including phenoxy) is 1. The van der Waals surface area contributed by atoms with Gasteiger partial charge in [-0.05, 0) is 68.4 Å². The molecular weight excluding hydrogens is 478 g/mol. The first-order chi connectivity index (χ1) is 18.3. The molecule has 8 heteroatoms. The zero-order valence-corrected chi connectivity index (χ0v) is 22.1. The number of hydrogen-bond donors (Lipinski definition) is 1. The maximum absolute atomic E-state index is 13.2. The molecule has 3 aromatic rings. The first-order valence-electron chi connectivity index (χ1n) is 12.6. The topological polar surface area (TPSA) is 79.7 Å². The number of nitrogens with one attached hydrogen (secondary N) is 1. The summed E-state index contributed by atoms with van der Waals surface area (Å²) in [6.45, 7) is 7.16. The normalized spacial score (nSPS) is 15.1. The van der Waals surface area contributed by atoms with E-state index in [0.717, 1.165) is 30.0 Å². The van der Waals surface area contributed by atoms with Crippen molar-refractivity contribution in [1.29, 1.82) is 0 Å². The number of likely N-dealkylation sites (N-methyl/N-ethyl adjacent to an activating group) is 1. The van der Waals surface area contributed by atoms with Gasteiger partial charge in [0, 0.05) is 51.0 Å². The molecule has 196 valence electrons. The Labute approximate surface area is 224 Å². The largest absolute Gasteiger partial charge is 0.496 e. The van der Waals surface area contributed by atoms with Gasteiger partial charge in [0.25, 0.3) is 11.8 Å². The minimum Gasteiger partial charge on any atom is -0.496 e. The molecule has 2 amide bonds. The average Bonchev–Trinajstić information content (AvgIpc) is 3.24. The van der Waals surface area contributed by atoms with Gasteiger partial charge in [0.05, 0.1) is 24.1 Å². The summed E-state index contributed by atoms with van der Waals surface area (Å²) in [6, 6.07) is 13.1. The summed E-state index contributed by atoms with van der Waals surface area (Å²) in [7, 11) is 3.57. The van der Waals surface area contributed by atoms with Crippen molar-refractivity contribution in [3.8, 4) is 5.75 Å². The van der Waals surface area contributed by atoms with E-state index in [9.17, 15) is 9.59 Å². The Morgan fingerprint density at radius 2 is 1.82 bits per heavy atom. The summed E-state index contributed by atoms with van der Waals surface area (Å²) in [4.78, 5) is 30.3. The number of piperazine rings is 1. The van der Waals surface area contributed by atoms with Gasteiger partial charge in [0.1, 0.15) is 5.75 Å². The molecule has 1 saturated heterocycles. The highest BCUT2D eigenvalue weighted by Gasteiger charge is 2.24. The van der Waals surface area contributed by atoms with Crippen LogP contribution in [-0.2, 0) is 0 Å². The smallest absolute Gasteiger partial charge is 0.276 e. The summed E-state index contributed by atoms with van der Waals surface area (Å²) in [5.74, 6) is -0.0147. The Morgan fingerprint density at radius 3 is 2.55 bits per heavy atom. The Kier molecular flexibility index (Phi) is 7.01. The highest BCUT2D eigenvalue weighted by Crippen LogP contribution is 2.27. The maximum atomic E-state index is 13.2. The van der Waals surface area contributed by atoms with Gasteiger partial charge in [-0.3, -0.25) is 9.59 Å². The van der Waals surface area contributed by atoms with E-state index in [0.29, 0.717) is 30.1 Å². The molecule has 3 heterocycles. The van der Waals surface area contributed by atoms with Crippen LogP contribution in [0.4, 0.5) is 5.69 Å². The zero-order valence-electron chi connectivity index (χ0n) is 22.1. The molecule has 38 heavy (non-hydrogen) atoms. The van der Waals surface area contributed by atoms with Crippen LogP contribution in [0.1, 0.15) is 44.7 Å². The van der Waals surface area contributed by atoms with E-state index < -0.39 is 0 Å². The summed E-state index contributed by atoms with van der Waals surface area (Å²) in [5, 5.41) is 7.51. The van der Waals surface area contributed by atoms with E-state index in [4.69, 9.17) is 4.74 Å². The van der Waals surface area contributed by atoms with Crippen molar-refractivity contribution in [2.45, 2.75) is 13.8 Å². The molecule has 0 unspecified atom stereocenters. The van der Waals surface area contributed by atoms with Crippen LogP contribution in [0.2, 0.25) is 0 Å². The van der Waals surface area contributed by atoms with Gasteiger partial charge in [-0.25, -0.2) is 4.68 Å². The second-order valence-corrected chi connectivity index (χ2v) is 9.66. The molecule has 0 saturated carbocycles. The minimum atomic E-state index is -0.359. The van der Waals surface area contributed by atoms with Crippen molar-refractivity contribution in [3.05, 3.63) is 94.0 Å². The van der Waals surface area contributed by atoms with Gasteiger partial charge >= 0.3 is 0 Å². The number of aryl methyl sites for hydroxylation is 2. The third kappa shape index (κ3) is 5.05. The fourth-order valence-electron chi connectivity index (χ4n) is 4.57. The van der Waals surface area contributed by atoms with Crippen LogP contribution < -0.4 is 10.1 Å². The molecule has 0 spiro atoms. The van der Waals surface area contributed by atoms with Crippen LogP contribution in [0.3, 0.4) is 0 Å². The van der Waals surface area contributed by atoms with Crippen molar-refractivity contribution >= 4 is 29.3 Å². The molecule has 2 aliphatic rings. The van der Waals surface area contributed by atoms with Crippen molar-refractivity contribution in [1.82, 2.24) is 19.6 Å². The highest BCUT2D eigenvalue weighted by molar-refractivity contribution is 6.04. The lowest BCUT2D eigenvalue weighted by Crippen LogP contribution is -2.47. The number of fused-ring (bicyclic) bond motifs is 1. The maximum Gasteiger partial charge on any atom is 0.276 e. The second-order valence-electron chi connectivity index (χ2n) is 9.66. The van der Waals surface area contributed by atoms with Gasteiger partial charge < -0.3 is 19.9 Å². The van der Waals surface area contributed by atoms with Gasteiger partial charge in [0.15, 0.2) is 5.69 Å². The molecule has 1 aromatic heterocycles. The number of allylic oxidation sites excluding steroid dienone is 2. The molecule has 2 aliphatic heterocycles. The summed E-state index contributed by atoms with van der Waals surface area (Å²) in [6.07, 6.45) is 5.58. The summed E-state index contributed by atoms with van der Waals surface area (Å²) in [5.41, 5.74) is 9.39. The lowest BCUT2D eigenvalue weighted by Gasteiger charge is -2.32. The number of anilines is 1. The highest BCUT2D eigenvalue weighted by atomic mass is 16.5. The van der Waals surface area contributed by atoms with E-state index in [2.05, 4.69) is 53.1 Å². The third-order valence-corrected chi connectivity index (χ3v) is 7.05. The van der Waals surface area contributed by atoms with E-state index in [1.807, 2.05) is 24.1 Å². The molecule has 8 nitrogen and oxygen atoms in total. The number of carbonyl (C=O) groups is 2. The van der Waals surface area contributed by atoms with Crippen LogP contribution in [0.5, 0.6) is 5.75 Å². The van der Waals surface area contributed by atoms with Crippen molar-refractivity contribution < 1.29 is 15.8 Å². The van der Waals surface area contributed by atoms with Crippen molar-refractivity contribution in [2.24, 2.45) is 0 Å². The van der Waals surface area contributed by atoms with E-state index in [-0.39, 0.29) is 18.9 Å². The number of benzene rings is 2. The van der Waals surface area contributed by atoms with Crippen LogP contribution in [0, 0.1) is 13.8 Å². The van der Waals surface area contributed by atoms with E-state index in [1.165, 1.54) is 18.2 Å². The Balaban J connectivity index is 0.00000353. The quantitative estimate of drug-likeness (QED) is 0.512. The minimum absolute atomic E-state index is 0. The fraction of sp³-hybridized carbons (Fsp3) is 0.267. The lowest BCUT2D eigenvalue weighted by atomic mass is 10.0. The van der Waals surface area contributed by atoms with Gasteiger partial charge in [0.2, 0.25) is 0 Å². The third-order valence-electron chi connectivity index (χ3n) is 7.05. The molecule has 0 aliphatic carbocycles. The van der Waals surface area contributed by atoms with Crippen LogP contribution in [-0.4, -0.2) is 71.7 Å². The number of rotatable bonds is 5. The first kappa shape index (κ1) is 25.3. The van der Waals surface area contributed by atoms with E-state index in [1.54, 1.807) is 35.0 Å². The van der Waals surface area contributed by atoms with E-state index >= 15 is 0 Å². The summed E-state index contributed by atoms with van der Waals surface area (Å²) >= 11 is 0. The summed E-state index contributed by atoms with van der Waals surface area (Å²) < 4.78 is 7.27. The number of hydrogen-bond acceptors (Lipinski definition) is 5. The number of amides is 2. The second kappa shape index (κ2) is 10.5. The molecule has 5 rings (SSSR count). The molecule has 2 aromatic carbocycles. The van der Waals surface area contributed by atoms with Crippen LogP contribution >= 0.6 is 0 Å². The van der Waals surface area contributed by atoms with Crippen LogP contribution in [0.25, 0.3) is 11.8 Å². The molecule has 0 bridgehead atoms. The Bertz CT molecular complexity index is 1510. The standard InChI is InChI=1S/C30H31N5O3.H2/c1-20-9-10-22(17-21(20)2)27-8-6-5-7-24-19-26(32-35(24)27)29(36)31-23-11-12-25(28(18-23)38-4)30(37)34-15-13-33(3)14-16-34;/h6-12,17-19H,13-16H2,1-4H3,(H,31,36);1H. The number of aromatic nitrogens is 2. The number of carbonyl (C=O) groups excluding carboxylic acids is 2. The Hall–Kier alpha value is -4.39. The molecule has 1 N–H and O–H groups in total. The predicted octanol–water partition coefficient (Wildman–Crippen LogP) is 4.47. The Morgan fingerprint density at radius 1 is 1.03 bits per heavy atom. The predicted molar refractivity (Wildman–Crippen MR) is 151 cm³/mol. The molecule has 1 fully saturated rings. The lowest BCUT2D eigenvalue weighted by molar-refractivity contribution is 0.0661. The SMILES string of the molecule is COc1cc(NC(=O)c2cc3n(n2)C(c2ccc(C)c(C)c2)=CC=C=C3)ccc1C(=O)N1CCN(C)CC1.[HH].